The topological polar surface area (TPSA) is 131 Å². The SMILES string of the molecule is Cc1cc(-c2cc(-c3cc(S(=O)(=O)N[C@H]4CCC[C@H](O)C4)ccc3C)cnc2N)on1.S.S. The molecule has 8 nitrogen and oxygen atoms in total. The number of aromatic nitrogens is 2. The van der Waals surface area contributed by atoms with Crippen molar-refractivity contribution in [3.8, 4) is 22.5 Å². The average molecular weight is 511 g/mol. The van der Waals surface area contributed by atoms with Gasteiger partial charge in [-0.25, -0.2) is 18.1 Å². The van der Waals surface area contributed by atoms with Gasteiger partial charge in [0.25, 0.3) is 0 Å². The summed E-state index contributed by atoms with van der Waals surface area (Å²) >= 11 is 0. The second kappa shape index (κ2) is 10.9. The highest BCUT2D eigenvalue weighted by Gasteiger charge is 2.26. The Morgan fingerprint density at radius 2 is 1.88 bits per heavy atom. The van der Waals surface area contributed by atoms with Gasteiger partial charge in [-0.15, -0.1) is 0 Å². The van der Waals surface area contributed by atoms with Crippen molar-refractivity contribution in [2.24, 2.45) is 0 Å². The lowest BCUT2D eigenvalue weighted by atomic mass is 9.94. The number of hydrogen-bond donors (Lipinski definition) is 3. The van der Waals surface area contributed by atoms with E-state index in [1.165, 1.54) is 0 Å². The molecule has 2 aromatic heterocycles. The third kappa shape index (κ3) is 6.10. The molecule has 1 aromatic carbocycles. The molecule has 0 unspecified atom stereocenters. The van der Waals surface area contributed by atoms with Crippen molar-refractivity contribution in [1.29, 1.82) is 0 Å². The summed E-state index contributed by atoms with van der Waals surface area (Å²) in [6.07, 6.45) is 3.81. The molecule has 1 aliphatic carbocycles. The molecule has 4 N–H and O–H groups in total. The molecule has 1 saturated carbocycles. The number of pyridine rings is 1. The van der Waals surface area contributed by atoms with Crippen molar-refractivity contribution in [2.75, 3.05) is 5.73 Å². The molecule has 0 bridgehead atoms. The van der Waals surface area contributed by atoms with E-state index in [-0.39, 0.29) is 37.9 Å². The molecule has 3 aromatic rings. The van der Waals surface area contributed by atoms with Crippen LogP contribution in [0.4, 0.5) is 5.82 Å². The van der Waals surface area contributed by atoms with E-state index < -0.39 is 16.1 Å². The molecule has 2 heterocycles. The minimum absolute atomic E-state index is 0. The van der Waals surface area contributed by atoms with Gasteiger partial charge in [0, 0.05) is 23.9 Å². The fraction of sp³-hybridized carbons (Fsp3) is 0.364. The van der Waals surface area contributed by atoms with E-state index in [1.807, 2.05) is 19.9 Å². The number of anilines is 1. The third-order valence-corrected chi connectivity index (χ3v) is 7.13. The summed E-state index contributed by atoms with van der Waals surface area (Å²) in [6.45, 7) is 3.72. The predicted octanol–water partition coefficient (Wildman–Crippen LogP) is 3.41. The lowest BCUT2D eigenvalue weighted by Crippen LogP contribution is -2.39. The largest absolute Gasteiger partial charge is 0.393 e. The van der Waals surface area contributed by atoms with Gasteiger partial charge in [0.05, 0.1) is 22.3 Å². The molecule has 180 valence electrons. The standard InChI is InChI=1S/C22H26N4O4S.2H2S/c1-13-6-7-18(31(28,29)26-16-4-3-5-17(27)10-16)11-19(13)15-9-20(22(23)24-12-15)21-8-14(2)25-30-21;;/h6-9,11-12,16-17,26-27H,3-5,10H2,1-2H3,(H2,23,24);2*1H2/t16-,17-;;/m0../s1. The molecule has 1 fully saturated rings. The zero-order valence-electron chi connectivity index (χ0n) is 18.5. The van der Waals surface area contributed by atoms with Gasteiger partial charge >= 0.3 is 0 Å². The van der Waals surface area contributed by atoms with Crippen molar-refractivity contribution < 1.29 is 18.0 Å². The van der Waals surface area contributed by atoms with Crippen LogP contribution in [0.2, 0.25) is 0 Å². The number of nitrogen functional groups attached to an aromatic ring is 1. The van der Waals surface area contributed by atoms with Crippen LogP contribution in [0.3, 0.4) is 0 Å². The minimum Gasteiger partial charge on any atom is -0.393 e. The van der Waals surface area contributed by atoms with Crippen molar-refractivity contribution in [3.63, 3.8) is 0 Å². The second-order valence-electron chi connectivity index (χ2n) is 8.10. The quantitative estimate of drug-likeness (QED) is 0.479. The van der Waals surface area contributed by atoms with Gasteiger partial charge in [0.15, 0.2) is 5.76 Å². The Hall–Kier alpha value is -2.05. The zero-order valence-corrected chi connectivity index (χ0v) is 21.3. The summed E-state index contributed by atoms with van der Waals surface area (Å²) in [5.74, 6) is 0.808. The molecule has 0 spiro atoms. The Labute approximate surface area is 207 Å². The van der Waals surface area contributed by atoms with E-state index in [0.29, 0.717) is 30.0 Å². The van der Waals surface area contributed by atoms with Gasteiger partial charge in [-0.3, -0.25) is 0 Å². The number of nitrogens with two attached hydrogens (primary N) is 1. The Kier molecular flexibility index (Phi) is 9.00. The predicted molar refractivity (Wildman–Crippen MR) is 138 cm³/mol. The third-order valence-electron chi connectivity index (χ3n) is 5.61. The number of rotatable bonds is 5. The van der Waals surface area contributed by atoms with E-state index >= 15 is 0 Å². The number of hydrogen-bond acceptors (Lipinski definition) is 7. The van der Waals surface area contributed by atoms with Gasteiger partial charge in [-0.05, 0) is 68.9 Å². The Morgan fingerprint density at radius 3 is 2.55 bits per heavy atom. The Balaban J connectivity index is 0.00000193. The molecular weight excluding hydrogens is 480 g/mol. The van der Waals surface area contributed by atoms with Crippen molar-refractivity contribution >= 4 is 42.8 Å². The minimum atomic E-state index is -3.73. The fourth-order valence-electron chi connectivity index (χ4n) is 3.95. The number of nitrogens with zero attached hydrogens (tertiary/aromatic N) is 2. The first-order valence-electron chi connectivity index (χ1n) is 10.2. The normalized spacial score (nSPS) is 18.3. The first-order chi connectivity index (χ1) is 14.7. The number of benzene rings is 1. The smallest absolute Gasteiger partial charge is 0.240 e. The maximum atomic E-state index is 13.0. The van der Waals surface area contributed by atoms with E-state index in [4.69, 9.17) is 10.3 Å². The van der Waals surface area contributed by atoms with Crippen LogP contribution in [0, 0.1) is 13.8 Å². The average Bonchev–Trinajstić information content (AvgIpc) is 3.14. The Bertz CT molecular complexity index is 1210. The lowest BCUT2D eigenvalue weighted by Gasteiger charge is -2.26. The van der Waals surface area contributed by atoms with Crippen LogP contribution >= 0.6 is 27.0 Å². The fourth-order valence-corrected chi connectivity index (χ4v) is 5.26. The van der Waals surface area contributed by atoms with Crippen molar-refractivity contribution in [1.82, 2.24) is 14.9 Å². The first-order valence-corrected chi connectivity index (χ1v) is 11.7. The van der Waals surface area contributed by atoms with E-state index in [1.54, 1.807) is 30.5 Å². The number of aryl methyl sites for hydroxylation is 2. The summed E-state index contributed by atoms with van der Waals surface area (Å²) < 4.78 is 34.1. The number of aliphatic hydroxyl groups is 1. The van der Waals surface area contributed by atoms with E-state index in [0.717, 1.165) is 35.2 Å². The summed E-state index contributed by atoms with van der Waals surface area (Å²) in [6, 6.07) is 8.33. The highest BCUT2D eigenvalue weighted by atomic mass is 32.2. The van der Waals surface area contributed by atoms with Gasteiger partial charge in [-0.1, -0.05) is 11.2 Å². The van der Waals surface area contributed by atoms with Crippen molar-refractivity contribution in [3.05, 3.63) is 47.8 Å². The Morgan fingerprint density at radius 1 is 1.12 bits per heavy atom. The molecule has 1 aliphatic rings. The van der Waals surface area contributed by atoms with Gasteiger partial charge in [-0.2, -0.15) is 27.0 Å². The van der Waals surface area contributed by atoms with Crippen LogP contribution < -0.4 is 10.5 Å². The molecule has 11 heteroatoms. The summed E-state index contributed by atoms with van der Waals surface area (Å²) in [5.41, 5.74) is 9.72. The summed E-state index contributed by atoms with van der Waals surface area (Å²) in [5, 5.41) is 13.8. The second-order valence-corrected chi connectivity index (χ2v) is 9.82. The maximum Gasteiger partial charge on any atom is 0.240 e. The van der Waals surface area contributed by atoms with Gasteiger partial charge in [0.2, 0.25) is 10.0 Å². The highest BCUT2D eigenvalue weighted by Crippen LogP contribution is 2.32. The van der Waals surface area contributed by atoms with Crippen molar-refractivity contribution in [2.45, 2.75) is 56.6 Å². The van der Waals surface area contributed by atoms with Gasteiger partial charge < -0.3 is 15.4 Å². The molecule has 0 aliphatic heterocycles. The summed E-state index contributed by atoms with van der Waals surface area (Å²) in [7, 11) is -3.73. The maximum absolute atomic E-state index is 13.0. The highest BCUT2D eigenvalue weighted by molar-refractivity contribution is 7.89. The molecule has 33 heavy (non-hydrogen) atoms. The van der Waals surface area contributed by atoms with Crippen LogP contribution in [-0.2, 0) is 10.0 Å². The van der Waals surface area contributed by atoms with E-state index in [2.05, 4.69) is 14.9 Å². The van der Waals surface area contributed by atoms with E-state index in [9.17, 15) is 13.5 Å². The molecule has 0 saturated heterocycles. The molecular formula is C22H30N4O4S3. The van der Waals surface area contributed by atoms with Crippen LogP contribution in [0.1, 0.15) is 36.9 Å². The number of nitrogens with one attached hydrogen (secondary N) is 1. The molecule has 0 amide bonds. The first kappa shape index (κ1) is 27.2. The van der Waals surface area contributed by atoms with Crippen LogP contribution in [-0.4, -0.2) is 35.8 Å². The van der Waals surface area contributed by atoms with Crippen LogP contribution in [0.5, 0.6) is 0 Å². The molecule has 2 atom stereocenters. The number of aliphatic hydroxyl groups excluding tert-OH is 1. The van der Waals surface area contributed by atoms with Crippen LogP contribution in [0.15, 0.2) is 45.9 Å². The van der Waals surface area contributed by atoms with Gasteiger partial charge in [0.1, 0.15) is 5.82 Å². The van der Waals surface area contributed by atoms with Crippen LogP contribution in [0.25, 0.3) is 22.5 Å². The zero-order chi connectivity index (χ0) is 22.2. The lowest BCUT2D eigenvalue weighted by molar-refractivity contribution is 0.117. The molecule has 0 radical (unpaired) electrons. The molecule has 4 rings (SSSR count). The number of sulfonamides is 1. The summed E-state index contributed by atoms with van der Waals surface area (Å²) in [4.78, 5) is 4.44. The monoisotopic (exact) mass is 510 g/mol.